The van der Waals surface area contributed by atoms with E-state index in [0.29, 0.717) is 34.2 Å². The Morgan fingerprint density at radius 1 is 1.14 bits per heavy atom. The van der Waals surface area contributed by atoms with Crippen molar-refractivity contribution in [3.63, 3.8) is 0 Å². The second kappa shape index (κ2) is 9.94. The molecule has 0 unspecified atom stereocenters. The summed E-state index contributed by atoms with van der Waals surface area (Å²) in [5.74, 6) is 1.49. The fourth-order valence-corrected chi connectivity index (χ4v) is 3.88. The molecule has 1 aromatic heterocycles. The molecule has 0 aliphatic heterocycles. The largest absolute Gasteiger partial charge is 0.355 e. The van der Waals surface area contributed by atoms with Crippen LogP contribution >= 0.6 is 23.4 Å². The maximum absolute atomic E-state index is 12.2. The summed E-state index contributed by atoms with van der Waals surface area (Å²) in [5.41, 5.74) is 3.37. The number of thioether (sulfide) groups is 1. The molecule has 2 aromatic carbocycles. The third-order valence-electron chi connectivity index (χ3n) is 4.66. The molecule has 0 bridgehead atoms. The van der Waals surface area contributed by atoms with E-state index < -0.39 is 0 Å². The number of hydrogen-bond acceptors (Lipinski definition) is 4. The van der Waals surface area contributed by atoms with Crippen molar-refractivity contribution in [2.45, 2.75) is 31.3 Å². The van der Waals surface area contributed by atoms with Crippen molar-refractivity contribution in [1.29, 1.82) is 0 Å². The van der Waals surface area contributed by atoms with Crippen LogP contribution in [0.5, 0.6) is 0 Å². The van der Waals surface area contributed by atoms with E-state index in [0.717, 1.165) is 12.0 Å². The predicted molar refractivity (Wildman–Crippen MR) is 119 cm³/mol. The van der Waals surface area contributed by atoms with Crippen LogP contribution in [0.2, 0.25) is 5.02 Å². The van der Waals surface area contributed by atoms with E-state index in [1.54, 1.807) is 0 Å². The second-order valence-corrected chi connectivity index (χ2v) is 8.48. The normalized spacial score (nSPS) is 11.1. The van der Waals surface area contributed by atoms with Crippen LogP contribution in [0.25, 0.3) is 11.4 Å². The minimum atomic E-state index is -0.0175. The molecule has 1 heterocycles. The number of halogens is 1. The van der Waals surface area contributed by atoms with Crippen LogP contribution in [0.1, 0.15) is 30.9 Å². The van der Waals surface area contributed by atoms with Crippen LogP contribution in [0.4, 0.5) is 0 Å². The van der Waals surface area contributed by atoms with Crippen molar-refractivity contribution in [3.05, 3.63) is 64.7 Å². The van der Waals surface area contributed by atoms with Crippen LogP contribution in [-0.2, 0) is 18.3 Å². The van der Waals surface area contributed by atoms with E-state index in [2.05, 4.69) is 53.6 Å². The van der Waals surface area contributed by atoms with E-state index >= 15 is 0 Å². The average molecular weight is 429 g/mol. The Bertz CT molecular complexity index is 969. The third-order valence-corrected chi connectivity index (χ3v) is 6.01. The van der Waals surface area contributed by atoms with Gasteiger partial charge in [0, 0.05) is 19.2 Å². The SMILES string of the molecule is CC(C)c1ccc(CCNC(=O)CSc2nnc(-c3ccccc3Cl)n2C)cc1. The fraction of sp³-hybridized carbons (Fsp3) is 0.318. The first-order chi connectivity index (χ1) is 14.0. The molecule has 1 amide bonds. The third kappa shape index (κ3) is 5.61. The lowest BCUT2D eigenvalue weighted by atomic mass is 10.0. The van der Waals surface area contributed by atoms with E-state index in [4.69, 9.17) is 11.6 Å². The number of carbonyl (C=O) groups is 1. The van der Waals surface area contributed by atoms with Gasteiger partial charge in [-0.25, -0.2) is 0 Å². The first-order valence-electron chi connectivity index (χ1n) is 9.58. The van der Waals surface area contributed by atoms with Gasteiger partial charge in [0.2, 0.25) is 5.91 Å². The second-order valence-electron chi connectivity index (χ2n) is 7.13. The standard InChI is InChI=1S/C22H25ClN4OS/c1-15(2)17-10-8-16(9-11-17)12-13-24-20(28)14-29-22-26-25-21(27(22)3)18-6-4-5-7-19(18)23/h4-11,15H,12-14H2,1-3H3,(H,24,28). The Morgan fingerprint density at radius 3 is 2.55 bits per heavy atom. The molecule has 3 aromatic rings. The highest BCUT2D eigenvalue weighted by molar-refractivity contribution is 7.99. The van der Waals surface area contributed by atoms with Gasteiger partial charge >= 0.3 is 0 Å². The summed E-state index contributed by atoms with van der Waals surface area (Å²) >= 11 is 7.61. The lowest BCUT2D eigenvalue weighted by Crippen LogP contribution is -2.27. The minimum absolute atomic E-state index is 0.0175. The van der Waals surface area contributed by atoms with E-state index in [9.17, 15) is 4.79 Å². The number of benzene rings is 2. The molecule has 1 N–H and O–H groups in total. The molecule has 0 radical (unpaired) electrons. The van der Waals surface area contributed by atoms with Crippen molar-refractivity contribution < 1.29 is 4.79 Å². The van der Waals surface area contributed by atoms with Crippen LogP contribution in [0.15, 0.2) is 53.7 Å². The van der Waals surface area contributed by atoms with Gasteiger partial charge in [-0.3, -0.25) is 4.79 Å². The fourth-order valence-electron chi connectivity index (χ4n) is 2.91. The summed E-state index contributed by atoms with van der Waals surface area (Å²) in [6, 6.07) is 16.1. The van der Waals surface area contributed by atoms with E-state index in [-0.39, 0.29) is 5.91 Å². The van der Waals surface area contributed by atoms with Crippen LogP contribution < -0.4 is 5.32 Å². The van der Waals surface area contributed by atoms with Crippen molar-refractivity contribution in [3.8, 4) is 11.4 Å². The molecule has 152 valence electrons. The van der Waals surface area contributed by atoms with Gasteiger partial charge in [0.05, 0.1) is 10.8 Å². The zero-order valence-electron chi connectivity index (χ0n) is 16.9. The Hall–Kier alpha value is -2.31. The molecule has 29 heavy (non-hydrogen) atoms. The zero-order valence-corrected chi connectivity index (χ0v) is 18.4. The molecule has 0 atom stereocenters. The monoisotopic (exact) mass is 428 g/mol. The molecule has 0 fully saturated rings. The van der Waals surface area contributed by atoms with Crippen LogP contribution in [-0.4, -0.2) is 33.0 Å². The van der Waals surface area contributed by atoms with Gasteiger partial charge in [0.1, 0.15) is 0 Å². The molecular weight excluding hydrogens is 404 g/mol. The average Bonchev–Trinajstić information content (AvgIpc) is 3.07. The van der Waals surface area contributed by atoms with Gasteiger partial charge < -0.3 is 9.88 Å². The maximum Gasteiger partial charge on any atom is 0.230 e. The maximum atomic E-state index is 12.2. The topological polar surface area (TPSA) is 59.8 Å². The number of carbonyl (C=O) groups excluding carboxylic acids is 1. The molecule has 0 spiro atoms. The highest BCUT2D eigenvalue weighted by atomic mass is 35.5. The van der Waals surface area contributed by atoms with Crippen LogP contribution in [0, 0.1) is 0 Å². The predicted octanol–water partition coefficient (Wildman–Crippen LogP) is 4.71. The number of nitrogens with one attached hydrogen (secondary N) is 1. The van der Waals surface area contributed by atoms with Gasteiger partial charge in [-0.2, -0.15) is 0 Å². The van der Waals surface area contributed by atoms with Crippen LogP contribution in [0.3, 0.4) is 0 Å². The molecule has 5 nitrogen and oxygen atoms in total. The summed E-state index contributed by atoms with van der Waals surface area (Å²) in [4.78, 5) is 12.2. The van der Waals surface area contributed by atoms with E-state index in [1.165, 1.54) is 22.9 Å². The lowest BCUT2D eigenvalue weighted by Gasteiger charge is -2.08. The van der Waals surface area contributed by atoms with Crippen molar-refractivity contribution in [2.24, 2.45) is 7.05 Å². The summed E-state index contributed by atoms with van der Waals surface area (Å²) in [6.07, 6.45) is 0.815. The first kappa shape index (κ1) is 21.4. The van der Waals surface area contributed by atoms with Crippen molar-refractivity contribution >= 4 is 29.3 Å². The summed E-state index contributed by atoms with van der Waals surface area (Å²) in [6.45, 7) is 4.98. The number of rotatable bonds is 8. The van der Waals surface area contributed by atoms with Gasteiger partial charge in [-0.1, -0.05) is 73.6 Å². The molecule has 0 saturated carbocycles. The number of aromatic nitrogens is 3. The molecule has 3 rings (SSSR count). The Labute approximate surface area is 180 Å². The zero-order chi connectivity index (χ0) is 20.8. The number of hydrogen-bond donors (Lipinski definition) is 1. The van der Waals surface area contributed by atoms with Gasteiger partial charge in [-0.05, 0) is 35.6 Å². The highest BCUT2D eigenvalue weighted by Gasteiger charge is 2.14. The highest BCUT2D eigenvalue weighted by Crippen LogP contribution is 2.28. The smallest absolute Gasteiger partial charge is 0.230 e. The van der Waals surface area contributed by atoms with Gasteiger partial charge in [0.15, 0.2) is 11.0 Å². The first-order valence-corrected chi connectivity index (χ1v) is 10.9. The Kier molecular flexibility index (Phi) is 7.34. The van der Waals surface area contributed by atoms with Gasteiger partial charge in [-0.15, -0.1) is 10.2 Å². The molecule has 0 aliphatic rings. The summed E-state index contributed by atoms with van der Waals surface area (Å²) in [7, 11) is 1.87. The molecule has 0 aliphatic carbocycles. The van der Waals surface area contributed by atoms with Gasteiger partial charge in [0.25, 0.3) is 0 Å². The molecule has 0 saturated heterocycles. The number of amides is 1. The molecular formula is C22H25ClN4OS. The van der Waals surface area contributed by atoms with Crippen molar-refractivity contribution in [2.75, 3.05) is 12.3 Å². The quantitative estimate of drug-likeness (QED) is 0.528. The Morgan fingerprint density at radius 2 is 1.86 bits per heavy atom. The van der Waals surface area contributed by atoms with E-state index in [1.807, 2.05) is 35.9 Å². The summed E-state index contributed by atoms with van der Waals surface area (Å²) in [5, 5.41) is 12.7. The summed E-state index contributed by atoms with van der Waals surface area (Å²) < 4.78 is 1.86. The lowest BCUT2D eigenvalue weighted by molar-refractivity contribution is -0.118. The minimum Gasteiger partial charge on any atom is -0.355 e. The molecule has 7 heteroatoms. The Balaban J connectivity index is 1.48. The number of nitrogens with zero attached hydrogens (tertiary/aromatic N) is 3. The van der Waals surface area contributed by atoms with Crippen molar-refractivity contribution in [1.82, 2.24) is 20.1 Å².